The molecule has 4 rings (SSSR count). The number of likely N-dealkylation sites (tertiary alicyclic amines) is 1. The highest BCUT2D eigenvalue weighted by atomic mass is 35.5. The smallest absolute Gasteiger partial charge is 0.268 e. The van der Waals surface area contributed by atoms with Gasteiger partial charge in [-0.15, -0.1) is 0 Å². The summed E-state index contributed by atoms with van der Waals surface area (Å²) >= 11 is 4.72. The summed E-state index contributed by atoms with van der Waals surface area (Å²) in [5.41, 5.74) is 1.11. The number of anilines is 1. The molecule has 1 atom stereocenters. The third kappa shape index (κ3) is 6.16. The molecule has 3 aromatic rings. The summed E-state index contributed by atoms with van der Waals surface area (Å²) in [5, 5.41) is 7.14. The summed E-state index contributed by atoms with van der Waals surface area (Å²) in [7, 11) is 0. The summed E-state index contributed by atoms with van der Waals surface area (Å²) in [6, 6.07) is 11.0. The van der Waals surface area contributed by atoms with Crippen LogP contribution in [0.5, 0.6) is 0 Å². The van der Waals surface area contributed by atoms with Crippen LogP contribution in [0.2, 0.25) is 5.02 Å². The number of nitrogens with zero attached hydrogens (tertiary/aromatic N) is 3. The Hall–Kier alpha value is -2.59. The molecule has 0 radical (unpaired) electrons. The molecule has 2 aromatic heterocycles. The van der Waals surface area contributed by atoms with Gasteiger partial charge in [-0.05, 0) is 68.2 Å². The van der Waals surface area contributed by atoms with E-state index in [-0.39, 0.29) is 24.4 Å². The lowest BCUT2D eigenvalue weighted by Crippen LogP contribution is -2.47. The van der Waals surface area contributed by atoms with Gasteiger partial charge in [-0.1, -0.05) is 11.6 Å². The number of piperidine rings is 1. The van der Waals surface area contributed by atoms with E-state index < -0.39 is 11.2 Å². The lowest BCUT2D eigenvalue weighted by Gasteiger charge is -2.34. The normalized spacial score (nSPS) is 15.9. The molecule has 1 fully saturated rings. The lowest BCUT2D eigenvalue weighted by atomic mass is 10.0. The molecule has 2 amide bonds. The van der Waals surface area contributed by atoms with E-state index in [4.69, 9.17) is 11.6 Å². The zero-order chi connectivity index (χ0) is 25.1. The maximum absolute atomic E-state index is 13.4. The van der Waals surface area contributed by atoms with E-state index in [1.54, 1.807) is 47.2 Å². The van der Waals surface area contributed by atoms with E-state index in [0.29, 0.717) is 27.5 Å². The number of hydrogen-bond donors (Lipinski definition) is 2. The fourth-order valence-corrected chi connectivity index (χ4v) is 5.05. The van der Waals surface area contributed by atoms with Crippen molar-refractivity contribution in [1.29, 1.82) is 0 Å². The largest absolute Gasteiger partial charge is 0.612 e. The Morgan fingerprint density at radius 2 is 1.94 bits per heavy atom. The number of hydrogen-bond acceptors (Lipinski definition) is 5. The van der Waals surface area contributed by atoms with Gasteiger partial charge >= 0.3 is 0 Å². The van der Waals surface area contributed by atoms with Crippen molar-refractivity contribution >= 4 is 51.3 Å². The van der Waals surface area contributed by atoms with Gasteiger partial charge in [-0.2, -0.15) is 0 Å². The first-order chi connectivity index (χ1) is 16.7. The molecule has 0 bridgehead atoms. The van der Waals surface area contributed by atoms with Crippen LogP contribution in [0.25, 0.3) is 10.9 Å². The summed E-state index contributed by atoms with van der Waals surface area (Å²) in [4.78, 5) is 33.4. The minimum Gasteiger partial charge on any atom is -0.612 e. The molecule has 8 nitrogen and oxygen atoms in total. The van der Waals surface area contributed by atoms with Crippen LogP contribution >= 0.6 is 11.6 Å². The Morgan fingerprint density at radius 1 is 1.20 bits per heavy atom. The standard InChI is InChI=1S/C25H30ClN5O3S/c1-16(2)30-10-8-19(9-11-30)28-25(33)22-13-17-12-20(35(3)34)5-6-21(17)31(22)15-24(32)29-23-7-4-18(26)14-27-23/h4-7,12-14,16,19H,8-11,15H2,1-3H3,(H,28,33)(H,27,29,32). The summed E-state index contributed by atoms with van der Waals surface area (Å²) in [6.07, 6.45) is 4.83. The lowest BCUT2D eigenvalue weighted by molar-refractivity contribution is -0.116. The summed E-state index contributed by atoms with van der Waals surface area (Å²) < 4.78 is 13.7. The van der Waals surface area contributed by atoms with E-state index in [1.807, 2.05) is 0 Å². The number of nitrogens with one attached hydrogen (secondary N) is 2. The first-order valence-electron chi connectivity index (χ1n) is 11.6. The van der Waals surface area contributed by atoms with Crippen LogP contribution in [0, 0.1) is 0 Å². The van der Waals surface area contributed by atoms with Gasteiger partial charge in [-0.3, -0.25) is 9.59 Å². The van der Waals surface area contributed by atoms with Gasteiger partial charge in [0.15, 0.2) is 4.90 Å². The van der Waals surface area contributed by atoms with Crippen LogP contribution in [0.4, 0.5) is 5.82 Å². The van der Waals surface area contributed by atoms with Crippen LogP contribution in [-0.4, -0.2) is 62.2 Å². The van der Waals surface area contributed by atoms with Crippen molar-refractivity contribution in [3.63, 3.8) is 0 Å². The van der Waals surface area contributed by atoms with Gasteiger partial charge in [0.25, 0.3) is 5.91 Å². The van der Waals surface area contributed by atoms with Crippen molar-refractivity contribution in [2.45, 2.75) is 50.2 Å². The van der Waals surface area contributed by atoms with Gasteiger partial charge in [0.1, 0.15) is 24.3 Å². The number of aromatic nitrogens is 2. The molecule has 2 N–H and O–H groups in total. The van der Waals surface area contributed by atoms with Gasteiger partial charge in [0.05, 0.1) is 5.02 Å². The molecule has 35 heavy (non-hydrogen) atoms. The maximum Gasteiger partial charge on any atom is 0.268 e. The van der Waals surface area contributed by atoms with E-state index in [1.165, 1.54) is 6.20 Å². The number of benzene rings is 1. The Bertz CT molecular complexity index is 1200. The molecule has 1 aliphatic heterocycles. The zero-order valence-electron chi connectivity index (χ0n) is 20.1. The fourth-order valence-electron chi connectivity index (χ4n) is 4.38. The third-order valence-corrected chi connectivity index (χ3v) is 7.47. The van der Waals surface area contributed by atoms with Gasteiger partial charge in [-0.25, -0.2) is 4.98 Å². The molecular formula is C25H30ClN5O3S. The summed E-state index contributed by atoms with van der Waals surface area (Å²) in [5.74, 6) is -0.164. The van der Waals surface area contributed by atoms with Crippen molar-refractivity contribution in [2.24, 2.45) is 0 Å². The Balaban J connectivity index is 1.57. The Morgan fingerprint density at radius 3 is 2.57 bits per heavy atom. The molecule has 0 saturated carbocycles. The van der Waals surface area contributed by atoms with Gasteiger partial charge in [0, 0.05) is 48.3 Å². The monoisotopic (exact) mass is 515 g/mol. The minimum absolute atomic E-state index is 0.0725. The molecule has 10 heteroatoms. The quantitative estimate of drug-likeness (QED) is 0.467. The molecule has 186 valence electrons. The second-order valence-corrected chi connectivity index (χ2v) is 10.9. The SMILES string of the molecule is CC(C)N1CCC(NC(=O)c2cc3cc([S+](C)[O-])ccc3n2CC(=O)Nc2ccc(Cl)cn2)CC1. The summed E-state index contributed by atoms with van der Waals surface area (Å²) in [6.45, 7) is 6.16. The first-order valence-corrected chi connectivity index (χ1v) is 13.6. The molecule has 1 saturated heterocycles. The molecule has 3 heterocycles. The van der Waals surface area contributed by atoms with Gasteiger partial charge in [0.2, 0.25) is 5.91 Å². The topological polar surface area (TPSA) is 102 Å². The van der Waals surface area contributed by atoms with Crippen LogP contribution in [0.3, 0.4) is 0 Å². The highest BCUT2D eigenvalue weighted by Gasteiger charge is 2.25. The Labute approximate surface area is 213 Å². The molecule has 1 unspecified atom stereocenters. The Kier molecular flexibility index (Phi) is 8.01. The number of rotatable bonds is 7. The molecular weight excluding hydrogens is 486 g/mol. The van der Waals surface area contributed by atoms with Crippen molar-refractivity contribution in [1.82, 2.24) is 19.8 Å². The number of pyridine rings is 1. The number of carbonyl (C=O) groups excluding carboxylic acids is 2. The van der Waals surface area contributed by atoms with E-state index in [0.717, 1.165) is 36.8 Å². The van der Waals surface area contributed by atoms with E-state index in [2.05, 4.69) is 34.4 Å². The van der Waals surface area contributed by atoms with E-state index in [9.17, 15) is 14.1 Å². The van der Waals surface area contributed by atoms with Crippen molar-refractivity contribution < 1.29 is 14.1 Å². The molecule has 0 spiro atoms. The van der Waals surface area contributed by atoms with Gasteiger partial charge < -0.3 is 24.7 Å². The first kappa shape index (κ1) is 25.5. The van der Waals surface area contributed by atoms with Crippen molar-refractivity contribution in [3.05, 3.63) is 53.3 Å². The van der Waals surface area contributed by atoms with E-state index >= 15 is 0 Å². The molecule has 0 aliphatic carbocycles. The van der Waals surface area contributed by atoms with Crippen LogP contribution in [0.1, 0.15) is 37.2 Å². The van der Waals surface area contributed by atoms with Crippen molar-refractivity contribution in [3.8, 4) is 0 Å². The highest BCUT2D eigenvalue weighted by molar-refractivity contribution is 7.90. The number of carbonyl (C=O) groups is 2. The molecule has 1 aliphatic rings. The number of halogens is 1. The average Bonchev–Trinajstić information content (AvgIpc) is 3.18. The maximum atomic E-state index is 13.4. The van der Waals surface area contributed by atoms with Crippen molar-refractivity contribution in [2.75, 3.05) is 24.7 Å². The molecule has 1 aromatic carbocycles. The predicted octanol–water partition coefficient (Wildman–Crippen LogP) is 3.67. The minimum atomic E-state index is -1.16. The fraction of sp³-hybridized carbons (Fsp3) is 0.400. The highest BCUT2D eigenvalue weighted by Crippen LogP contribution is 2.25. The second kappa shape index (κ2) is 11.0. The van der Waals surface area contributed by atoms with Crippen LogP contribution in [-0.2, 0) is 22.5 Å². The second-order valence-electron chi connectivity index (χ2n) is 9.08. The van der Waals surface area contributed by atoms with Crippen LogP contribution < -0.4 is 10.6 Å². The van der Waals surface area contributed by atoms with Crippen LogP contribution in [0.15, 0.2) is 47.5 Å². The number of fused-ring (bicyclic) bond motifs is 1. The average molecular weight is 516 g/mol. The third-order valence-electron chi connectivity index (χ3n) is 6.33. The number of amides is 2. The zero-order valence-corrected chi connectivity index (χ0v) is 21.7. The predicted molar refractivity (Wildman–Crippen MR) is 139 cm³/mol.